The molecule has 7 nitrogen and oxygen atoms in total. The van der Waals surface area contributed by atoms with Crippen molar-refractivity contribution in [2.24, 2.45) is 0 Å². The number of benzene rings is 1. The first-order valence-corrected chi connectivity index (χ1v) is 10.7. The van der Waals surface area contributed by atoms with Crippen LogP contribution in [0.3, 0.4) is 0 Å². The minimum absolute atomic E-state index is 0.120. The molecule has 2 aliphatic rings. The number of carbonyl (C=O) groups is 1. The van der Waals surface area contributed by atoms with Crippen LogP contribution >= 0.6 is 11.3 Å². The fourth-order valence-electron chi connectivity index (χ4n) is 3.96. The minimum Gasteiger partial charge on any atom is -0.448 e. The third-order valence-corrected chi connectivity index (χ3v) is 6.29. The molecule has 0 saturated heterocycles. The van der Waals surface area contributed by atoms with Crippen LogP contribution in [0, 0.1) is 0 Å². The molecule has 5 rings (SSSR count). The highest BCUT2D eigenvalue weighted by Gasteiger charge is 2.42. The van der Waals surface area contributed by atoms with Gasteiger partial charge in [-0.15, -0.1) is 11.3 Å². The first-order valence-electron chi connectivity index (χ1n) is 9.87. The van der Waals surface area contributed by atoms with Gasteiger partial charge >= 0.3 is 0 Å². The van der Waals surface area contributed by atoms with Crippen LogP contribution in [0.5, 0.6) is 11.5 Å². The normalized spacial score (nSPS) is 17.0. The Bertz CT molecular complexity index is 1130. The van der Waals surface area contributed by atoms with Crippen molar-refractivity contribution in [3.8, 4) is 11.5 Å². The molecule has 1 fully saturated rings. The third kappa shape index (κ3) is 3.48. The molecule has 1 amide bonds. The molecule has 29 heavy (non-hydrogen) atoms. The Morgan fingerprint density at radius 2 is 2.00 bits per heavy atom. The van der Waals surface area contributed by atoms with Gasteiger partial charge in [-0.1, -0.05) is 6.42 Å². The van der Waals surface area contributed by atoms with E-state index >= 15 is 0 Å². The van der Waals surface area contributed by atoms with Gasteiger partial charge in [0.25, 0.3) is 11.3 Å². The minimum atomic E-state index is -0.530. The molecule has 2 aromatic heterocycles. The van der Waals surface area contributed by atoms with Crippen molar-refractivity contribution in [2.45, 2.75) is 50.9 Å². The fraction of sp³-hybridized carbons (Fsp3) is 0.381. The van der Waals surface area contributed by atoms with Crippen LogP contribution in [0.2, 0.25) is 0 Å². The Kier molecular flexibility index (Phi) is 4.50. The maximum absolute atomic E-state index is 12.4. The first kappa shape index (κ1) is 18.2. The number of fused-ring (bicyclic) bond motifs is 2. The number of ether oxygens (including phenoxy) is 2. The molecule has 1 spiro atoms. The molecule has 1 saturated carbocycles. The summed E-state index contributed by atoms with van der Waals surface area (Å²) < 4.78 is 13.6. The second kappa shape index (κ2) is 7.18. The van der Waals surface area contributed by atoms with Crippen LogP contribution in [0.15, 0.2) is 40.8 Å². The monoisotopic (exact) mass is 411 g/mol. The number of nitrogens with zero attached hydrogens (tertiary/aromatic N) is 2. The highest BCUT2D eigenvalue weighted by atomic mass is 32.1. The van der Waals surface area contributed by atoms with Crippen LogP contribution < -0.4 is 20.3 Å². The van der Waals surface area contributed by atoms with E-state index in [1.807, 2.05) is 23.6 Å². The number of rotatable bonds is 4. The van der Waals surface area contributed by atoms with E-state index in [0.717, 1.165) is 31.4 Å². The first-order chi connectivity index (χ1) is 14.1. The smallest absolute Gasteiger partial charge is 0.262 e. The number of hydrogen-bond donors (Lipinski definition) is 1. The summed E-state index contributed by atoms with van der Waals surface area (Å²) in [4.78, 5) is 29.8. The molecule has 150 valence electrons. The third-order valence-electron chi connectivity index (χ3n) is 5.46. The van der Waals surface area contributed by atoms with Gasteiger partial charge in [-0.05, 0) is 36.4 Å². The largest absolute Gasteiger partial charge is 0.448 e. The Hall–Kier alpha value is -2.87. The van der Waals surface area contributed by atoms with Gasteiger partial charge in [-0.25, -0.2) is 4.98 Å². The topological polar surface area (TPSA) is 82.5 Å². The van der Waals surface area contributed by atoms with Crippen molar-refractivity contribution in [3.63, 3.8) is 0 Å². The second-order valence-corrected chi connectivity index (χ2v) is 8.41. The summed E-state index contributed by atoms with van der Waals surface area (Å²) in [5.41, 5.74) is 0.536. The molecule has 1 aromatic carbocycles. The zero-order valence-corrected chi connectivity index (χ0v) is 16.7. The second-order valence-electron chi connectivity index (χ2n) is 7.52. The fourth-order valence-corrected chi connectivity index (χ4v) is 4.69. The summed E-state index contributed by atoms with van der Waals surface area (Å²) in [5.74, 6) is 0.700. The molecule has 8 heteroatoms. The van der Waals surface area contributed by atoms with Crippen LogP contribution in [0.25, 0.3) is 10.2 Å². The molecule has 3 aromatic rings. The molecule has 1 N–H and O–H groups in total. The number of anilines is 1. The predicted molar refractivity (Wildman–Crippen MR) is 111 cm³/mol. The van der Waals surface area contributed by atoms with E-state index in [9.17, 15) is 9.59 Å². The van der Waals surface area contributed by atoms with Gasteiger partial charge in [0, 0.05) is 37.6 Å². The van der Waals surface area contributed by atoms with Gasteiger partial charge in [0.15, 0.2) is 11.5 Å². The van der Waals surface area contributed by atoms with Gasteiger partial charge < -0.3 is 14.8 Å². The molecule has 0 radical (unpaired) electrons. The highest BCUT2D eigenvalue weighted by Crippen LogP contribution is 2.46. The number of nitrogens with one attached hydrogen (secondary N) is 1. The zero-order chi connectivity index (χ0) is 19.8. The van der Waals surface area contributed by atoms with E-state index in [0.29, 0.717) is 21.7 Å². The molecule has 1 aliphatic carbocycles. The summed E-state index contributed by atoms with van der Waals surface area (Å²) in [5, 5.41) is 5.31. The lowest BCUT2D eigenvalue weighted by molar-refractivity contribution is -0.116. The number of carbonyl (C=O) groups excluding carboxylic acids is 1. The number of aromatic nitrogens is 2. The van der Waals surface area contributed by atoms with Gasteiger partial charge in [-0.3, -0.25) is 14.2 Å². The van der Waals surface area contributed by atoms with Crippen LogP contribution in [0.4, 0.5) is 5.69 Å². The molecule has 3 heterocycles. The number of aryl methyl sites for hydroxylation is 1. The molecular formula is C21H21N3O4S. The van der Waals surface area contributed by atoms with E-state index in [2.05, 4.69) is 10.3 Å². The average Bonchev–Trinajstić information content (AvgIpc) is 3.32. The lowest BCUT2D eigenvalue weighted by Crippen LogP contribution is -2.40. The summed E-state index contributed by atoms with van der Waals surface area (Å²) in [6.07, 6.45) is 6.87. The van der Waals surface area contributed by atoms with E-state index in [4.69, 9.17) is 9.47 Å². The molecule has 0 atom stereocenters. The molecular weight excluding hydrogens is 390 g/mol. The Morgan fingerprint density at radius 1 is 1.17 bits per heavy atom. The Balaban J connectivity index is 1.23. The van der Waals surface area contributed by atoms with E-state index < -0.39 is 5.79 Å². The SMILES string of the molecule is O=C(CCn1cnc2sccc2c1=O)Nc1ccc2c(c1)OC1(CCCCC1)O2. The maximum atomic E-state index is 12.4. The Labute approximate surface area is 171 Å². The van der Waals surface area contributed by atoms with Gasteiger partial charge in [0.2, 0.25) is 5.91 Å². The number of thiophene rings is 1. The molecule has 0 unspecified atom stereocenters. The van der Waals surface area contributed by atoms with Crippen molar-refractivity contribution in [1.29, 1.82) is 0 Å². The summed E-state index contributed by atoms with van der Waals surface area (Å²) in [6.45, 7) is 0.275. The van der Waals surface area contributed by atoms with Crippen molar-refractivity contribution in [2.75, 3.05) is 5.32 Å². The Morgan fingerprint density at radius 3 is 2.86 bits per heavy atom. The summed E-state index contributed by atoms with van der Waals surface area (Å²) >= 11 is 1.43. The van der Waals surface area contributed by atoms with Gasteiger partial charge in [-0.2, -0.15) is 0 Å². The molecule has 1 aliphatic heterocycles. The lowest BCUT2D eigenvalue weighted by Gasteiger charge is -2.31. The summed E-state index contributed by atoms with van der Waals surface area (Å²) in [7, 11) is 0. The van der Waals surface area contributed by atoms with Gasteiger partial charge in [0.05, 0.1) is 11.7 Å². The molecule has 0 bridgehead atoms. The predicted octanol–water partition coefficient (Wildman–Crippen LogP) is 3.92. The zero-order valence-electron chi connectivity index (χ0n) is 15.8. The van der Waals surface area contributed by atoms with Crippen LogP contribution in [-0.4, -0.2) is 21.2 Å². The van der Waals surface area contributed by atoms with Gasteiger partial charge in [0.1, 0.15) is 4.83 Å². The lowest BCUT2D eigenvalue weighted by atomic mass is 9.94. The standard InChI is InChI=1S/C21H21N3O4S/c25-18(6-10-24-13-22-19-15(20(24)26)7-11-29-19)23-14-4-5-16-17(12-14)28-21(27-16)8-2-1-3-9-21/h4-5,7,11-13H,1-3,6,8-10H2,(H,23,25). The van der Waals surface area contributed by atoms with Crippen molar-refractivity contribution in [3.05, 3.63) is 46.3 Å². The number of amides is 1. The van der Waals surface area contributed by atoms with Crippen LogP contribution in [0.1, 0.15) is 38.5 Å². The van der Waals surface area contributed by atoms with Crippen molar-refractivity contribution >= 4 is 33.1 Å². The highest BCUT2D eigenvalue weighted by molar-refractivity contribution is 7.16. The van der Waals surface area contributed by atoms with E-state index in [1.54, 1.807) is 6.07 Å². The summed E-state index contributed by atoms with van der Waals surface area (Å²) in [6, 6.07) is 7.22. The quantitative estimate of drug-likeness (QED) is 0.704. The average molecular weight is 411 g/mol. The maximum Gasteiger partial charge on any atom is 0.262 e. The van der Waals surface area contributed by atoms with Crippen molar-refractivity contribution < 1.29 is 14.3 Å². The van der Waals surface area contributed by atoms with Crippen molar-refractivity contribution in [1.82, 2.24) is 9.55 Å². The van der Waals surface area contributed by atoms with E-state index in [-0.39, 0.29) is 24.4 Å². The van der Waals surface area contributed by atoms with Crippen LogP contribution in [-0.2, 0) is 11.3 Å². The number of hydrogen-bond acceptors (Lipinski definition) is 6. The van der Waals surface area contributed by atoms with E-state index in [1.165, 1.54) is 28.7 Å².